The monoisotopic (exact) mass is 517 g/mol. The van der Waals surface area contributed by atoms with Gasteiger partial charge in [0.25, 0.3) is 0 Å². The fourth-order valence-corrected chi connectivity index (χ4v) is 5.91. The summed E-state index contributed by atoms with van der Waals surface area (Å²) in [7, 11) is 3.18. The Kier molecular flexibility index (Phi) is 8.86. The largest absolute Gasteiger partial charge is 0.493 e. The molecule has 2 amide bonds. The SMILES string of the molecule is COc1ccc(/C=C/C(=O)N2CCN(c3nnc(SCC(=O)NC4CCCC4)s3)CC2)cc1OC. The quantitative estimate of drug-likeness (QED) is 0.401. The van der Waals surface area contributed by atoms with Crippen LogP contribution < -0.4 is 19.7 Å². The molecular formula is C24H31N5O4S2. The number of hydrogen-bond acceptors (Lipinski definition) is 9. The van der Waals surface area contributed by atoms with Crippen molar-refractivity contribution in [3.05, 3.63) is 29.8 Å². The number of rotatable bonds is 9. The lowest BCUT2D eigenvalue weighted by atomic mass is 10.2. The number of anilines is 1. The van der Waals surface area contributed by atoms with Crippen molar-refractivity contribution in [1.29, 1.82) is 0 Å². The van der Waals surface area contributed by atoms with Gasteiger partial charge in [-0.1, -0.05) is 42.0 Å². The highest BCUT2D eigenvalue weighted by molar-refractivity contribution is 8.01. The first-order valence-electron chi connectivity index (χ1n) is 11.8. The summed E-state index contributed by atoms with van der Waals surface area (Å²) in [4.78, 5) is 28.8. The molecule has 1 N–H and O–H groups in total. The molecule has 2 aromatic rings. The van der Waals surface area contributed by atoms with Crippen LogP contribution in [-0.2, 0) is 9.59 Å². The van der Waals surface area contributed by atoms with E-state index in [1.54, 1.807) is 26.4 Å². The second-order valence-corrected chi connectivity index (χ2v) is 10.6. The highest BCUT2D eigenvalue weighted by Crippen LogP contribution is 2.29. The van der Waals surface area contributed by atoms with E-state index in [1.807, 2.05) is 23.1 Å². The molecule has 1 aliphatic heterocycles. The summed E-state index contributed by atoms with van der Waals surface area (Å²) >= 11 is 2.92. The number of carbonyl (C=O) groups excluding carboxylic acids is 2. The predicted octanol–water partition coefficient (Wildman–Crippen LogP) is 3.07. The molecule has 2 heterocycles. The van der Waals surface area contributed by atoms with Crippen molar-refractivity contribution < 1.29 is 19.1 Å². The van der Waals surface area contributed by atoms with E-state index < -0.39 is 0 Å². The molecule has 0 unspecified atom stereocenters. The molecule has 2 aliphatic rings. The lowest BCUT2D eigenvalue weighted by Gasteiger charge is -2.33. The first kappa shape index (κ1) is 25.3. The Hall–Kier alpha value is -2.79. The zero-order valence-electron chi connectivity index (χ0n) is 20.1. The Bertz CT molecular complexity index is 1050. The van der Waals surface area contributed by atoms with Gasteiger partial charge in [-0.3, -0.25) is 9.59 Å². The summed E-state index contributed by atoms with van der Waals surface area (Å²) in [5, 5.41) is 12.5. The van der Waals surface area contributed by atoms with Crippen LogP contribution in [0.5, 0.6) is 11.5 Å². The summed E-state index contributed by atoms with van der Waals surface area (Å²) in [5.74, 6) is 1.67. The maximum atomic E-state index is 12.7. The third kappa shape index (κ3) is 6.88. The normalized spacial score (nSPS) is 16.6. The number of hydrogen-bond donors (Lipinski definition) is 1. The molecule has 1 saturated carbocycles. The van der Waals surface area contributed by atoms with Crippen molar-refractivity contribution in [2.75, 3.05) is 51.1 Å². The Balaban J connectivity index is 1.23. The third-order valence-corrected chi connectivity index (χ3v) is 8.25. The summed E-state index contributed by atoms with van der Waals surface area (Å²) in [6, 6.07) is 5.87. The molecule has 1 aromatic carbocycles. The van der Waals surface area contributed by atoms with Gasteiger partial charge in [0.15, 0.2) is 15.8 Å². The molecule has 1 aromatic heterocycles. The smallest absolute Gasteiger partial charge is 0.246 e. The van der Waals surface area contributed by atoms with Gasteiger partial charge in [0, 0.05) is 38.3 Å². The summed E-state index contributed by atoms with van der Waals surface area (Å²) in [6.45, 7) is 2.61. The van der Waals surface area contributed by atoms with Crippen LogP contribution in [0.1, 0.15) is 31.2 Å². The van der Waals surface area contributed by atoms with Crippen molar-refractivity contribution >= 4 is 46.1 Å². The standard InChI is InChI=1S/C24H31N5O4S2/c1-32-19-9-7-17(15-20(19)33-2)8-10-22(31)28-11-13-29(14-12-28)23-26-27-24(35-23)34-16-21(30)25-18-5-3-4-6-18/h7-10,15,18H,3-6,11-14,16H2,1-2H3,(H,25,30)/b10-8+. The van der Waals surface area contributed by atoms with Crippen LogP contribution in [0.2, 0.25) is 0 Å². The predicted molar refractivity (Wildman–Crippen MR) is 138 cm³/mol. The van der Waals surface area contributed by atoms with Gasteiger partial charge in [0.05, 0.1) is 20.0 Å². The van der Waals surface area contributed by atoms with Crippen LogP contribution >= 0.6 is 23.1 Å². The van der Waals surface area contributed by atoms with Crippen molar-refractivity contribution in [2.24, 2.45) is 0 Å². The van der Waals surface area contributed by atoms with Crippen molar-refractivity contribution in [1.82, 2.24) is 20.4 Å². The van der Waals surface area contributed by atoms with E-state index in [2.05, 4.69) is 20.4 Å². The Morgan fingerprint density at radius 1 is 1.11 bits per heavy atom. The van der Waals surface area contributed by atoms with E-state index >= 15 is 0 Å². The second-order valence-electron chi connectivity index (χ2n) is 8.45. The maximum Gasteiger partial charge on any atom is 0.246 e. The molecule has 0 atom stereocenters. The Labute approximate surface area is 213 Å². The Morgan fingerprint density at radius 2 is 1.86 bits per heavy atom. The number of nitrogens with zero attached hydrogens (tertiary/aromatic N) is 4. The number of aromatic nitrogens is 2. The molecule has 9 nitrogen and oxygen atoms in total. The highest BCUT2D eigenvalue weighted by atomic mass is 32.2. The third-order valence-electron chi connectivity index (χ3n) is 6.13. The summed E-state index contributed by atoms with van der Waals surface area (Å²) < 4.78 is 11.4. The maximum absolute atomic E-state index is 12.7. The van der Waals surface area contributed by atoms with Crippen LogP contribution in [0, 0.1) is 0 Å². The molecule has 0 spiro atoms. The van der Waals surface area contributed by atoms with Crippen LogP contribution in [0.25, 0.3) is 6.08 Å². The number of amides is 2. The number of nitrogens with one attached hydrogen (secondary N) is 1. The average molecular weight is 518 g/mol. The molecule has 1 aliphatic carbocycles. The first-order chi connectivity index (χ1) is 17.1. The number of piperazine rings is 1. The van der Waals surface area contributed by atoms with Gasteiger partial charge in [-0.05, 0) is 36.6 Å². The second kappa shape index (κ2) is 12.3. The van der Waals surface area contributed by atoms with Gasteiger partial charge in [0.2, 0.25) is 16.9 Å². The zero-order chi connectivity index (χ0) is 24.6. The summed E-state index contributed by atoms with van der Waals surface area (Å²) in [5.41, 5.74) is 0.866. The van der Waals surface area contributed by atoms with Crippen LogP contribution in [-0.4, -0.2) is 79.1 Å². The lowest BCUT2D eigenvalue weighted by Crippen LogP contribution is -2.48. The van der Waals surface area contributed by atoms with E-state index in [9.17, 15) is 9.59 Å². The highest BCUT2D eigenvalue weighted by Gasteiger charge is 2.23. The van der Waals surface area contributed by atoms with E-state index in [0.29, 0.717) is 49.5 Å². The molecule has 2 fully saturated rings. The molecule has 11 heteroatoms. The molecular weight excluding hydrogens is 486 g/mol. The molecule has 0 bridgehead atoms. The number of benzene rings is 1. The van der Waals surface area contributed by atoms with Gasteiger partial charge in [-0.25, -0.2) is 0 Å². The van der Waals surface area contributed by atoms with Crippen molar-refractivity contribution in [2.45, 2.75) is 36.1 Å². The summed E-state index contributed by atoms with van der Waals surface area (Å²) in [6.07, 6.45) is 7.94. The van der Waals surface area contributed by atoms with Crippen LogP contribution in [0.3, 0.4) is 0 Å². The fourth-order valence-electron chi connectivity index (χ4n) is 4.20. The van der Waals surface area contributed by atoms with Crippen LogP contribution in [0.4, 0.5) is 5.13 Å². The Morgan fingerprint density at radius 3 is 2.57 bits per heavy atom. The van der Waals surface area contributed by atoms with Crippen molar-refractivity contribution in [3.8, 4) is 11.5 Å². The topological polar surface area (TPSA) is 96.9 Å². The minimum Gasteiger partial charge on any atom is -0.493 e. The van der Waals surface area contributed by atoms with E-state index in [1.165, 1.54) is 35.9 Å². The number of ether oxygens (including phenoxy) is 2. The van der Waals surface area contributed by atoms with Crippen LogP contribution in [0.15, 0.2) is 28.6 Å². The average Bonchev–Trinajstić information content (AvgIpc) is 3.58. The van der Waals surface area contributed by atoms with Crippen molar-refractivity contribution in [3.63, 3.8) is 0 Å². The number of carbonyl (C=O) groups is 2. The number of thioether (sulfide) groups is 1. The molecule has 0 radical (unpaired) electrons. The van der Waals surface area contributed by atoms with E-state index in [-0.39, 0.29) is 11.8 Å². The first-order valence-corrected chi connectivity index (χ1v) is 13.6. The van der Waals surface area contributed by atoms with Gasteiger partial charge < -0.3 is 24.6 Å². The number of methoxy groups -OCH3 is 2. The van der Waals surface area contributed by atoms with Gasteiger partial charge in [-0.15, -0.1) is 10.2 Å². The molecule has 188 valence electrons. The molecule has 1 saturated heterocycles. The lowest BCUT2D eigenvalue weighted by molar-refractivity contribution is -0.126. The van der Waals surface area contributed by atoms with Gasteiger partial charge in [-0.2, -0.15) is 0 Å². The fraction of sp³-hybridized carbons (Fsp3) is 0.500. The molecule has 35 heavy (non-hydrogen) atoms. The minimum absolute atomic E-state index is 0.0266. The molecule has 4 rings (SSSR count). The zero-order valence-corrected chi connectivity index (χ0v) is 21.7. The van der Waals surface area contributed by atoms with Gasteiger partial charge in [0.1, 0.15) is 0 Å². The van der Waals surface area contributed by atoms with Gasteiger partial charge >= 0.3 is 0 Å². The minimum atomic E-state index is -0.0266. The van der Waals surface area contributed by atoms with E-state index in [0.717, 1.165) is 27.9 Å². The van der Waals surface area contributed by atoms with E-state index in [4.69, 9.17) is 9.47 Å².